The summed E-state index contributed by atoms with van der Waals surface area (Å²) in [7, 11) is 0. The maximum Gasteiger partial charge on any atom is 0.303 e. The summed E-state index contributed by atoms with van der Waals surface area (Å²) in [5, 5.41) is 9.67. The predicted octanol–water partition coefficient (Wildman–Crippen LogP) is 1.99. The number of hydrogen-bond donors (Lipinski definition) is 1. The Morgan fingerprint density at radius 3 is 2.83 bits per heavy atom. The van der Waals surface area contributed by atoms with Gasteiger partial charge in [-0.3, -0.25) is 18.6 Å². The van der Waals surface area contributed by atoms with E-state index in [2.05, 4.69) is 6.58 Å². The van der Waals surface area contributed by atoms with Crippen LogP contribution in [0.5, 0.6) is 0 Å². The molecule has 3 heterocycles. The van der Waals surface area contributed by atoms with Crippen LogP contribution in [0.25, 0.3) is 34.2 Å². The number of para-hydroxylation sites is 1. The lowest BCUT2D eigenvalue weighted by Gasteiger charge is -1.99. The number of nitrogens with zero attached hydrogens (tertiary/aromatic N) is 2. The van der Waals surface area contributed by atoms with Gasteiger partial charge in [-0.15, -0.1) is 0 Å². The Labute approximate surface area is 129 Å². The van der Waals surface area contributed by atoms with E-state index in [4.69, 9.17) is 9.52 Å². The van der Waals surface area contributed by atoms with Gasteiger partial charge >= 0.3 is 5.97 Å². The lowest BCUT2D eigenvalue weighted by atomic mass is 10.2. The van der Waals surface area contributed by atoms with Gasteiger partial charge in [-0.05, 0) is 18.6 Å². The largest absolute Gasteiger partial charge is 0.481 e. The van der Waals surface area contributed by atoms with Crippen LogP contribution < -0.4 is 11.0 Å². The maximum absolute atomic E-state index is 12.5. The molecule has 0 fully saturated rings. The number of rotatable bonds is 4. The molecule has 0 saturated carbocycles. The number of benzene rings is 1. The van der Waals surface area contributed by atoms with Crippen LogP contribution in [0.4, 0.5) is 0 Å². The van der Waals surface area contributed by atoms with E-state index < -0.39 is 5.97 Å². The molecule has 1 aromatic carbocycles. The molecular formula is C17H14N2O4. The second-order valence-corrected chi connectivity index (χ2v) is 5.55. The fraction of sp³-hybridized carbons (Fsp3) is 0.176. The van der Waals surface area contributed by atoms with Crippen molar-refractivity contribution < 1.29 is 14.3 Å². The number of fused-ring (bicyclic) bond motifs is 5. The Morgan fingerprint density at radius 2 is 2.04 bits per heavy atom. The minimum absolute atomic E-state index is 0.0238. The standard InChI is InChI=1S/C17H14N2O4/c1-10-18(8-4-7-15(20)21)17(22)12-9-14-16(19(10)12)11-5-2-3-6-13(11)23-14/h2-3,5-6,9H,1,4,7-8H2,(H,20,21). The van der Waals surface area contributed by atoms with Gasteiger partial charge in [-0.2, -0.15) is 0 Å². The van der Waals surface area contributed by atoms with E-state index in [1.165, 1.54) is 4.57 Å². The summed E-state index contributed by atoms with van der Waals surface area (Å²) in [5.74, 6) is -0.870. The molecule has 6 heteroatoms. The number of carboxylic acid groups (broad SMARTS) is 1. The molecule has 0 saturated heterocycles. The molecule has 6 nitrogen and oxygen atoms in total. The van der Waals surface area contributed by atoms with Crippen molar-refractivity contribution in [2.75, 3.05) is 0 Å². The second kappa shape index (κ2) is 4.74. The van der Waals surface area contributed by atoms with Crippen molar-refractivity contribution in [3.8, 4) is 0 Å². The summed E-state index contributed by atoms with van der Waals surface area (Å²) in [4.78, 5) is 23.2. The molecule has 0 amide bonds. The molecule has 23 heavy (non-hydrogen) atoms. The molecule has 0 radical (unpaired) electrons. The van der Waals surface area contributed by atoms with Gasteiger partial charge in [-0.25, -0.2) is 0 Å². The van der Waals surface area contributed by atoms with Gasteiger partial charge in [0.15, 0.2) is 5.58 Å². The number of aliphatic carboxylic acids is 1. The summed E-state index contributed by atoms with van der Waals surface area (Å²) in [5.41, 5.74) is 3.12. The highest BCUT2D eigenvalue weighted by atomic mass is 16.4. The van der Waals surface area contributed by atoms with Crippen molar-refractivity contribution in [2.45, 2.75) is 19.4 Å². The Balaban J connectivity index is 1.95. The zero-order valence-electron chi connectivity index (χ0n) is 12.3. The van der Waals surface area contributed by atoms with Crippen molar-refractivity contribution in [3.63, 3.8) is 0 Å². The summed E-state index contributed by atoms with van der Waals surface area (Å²) in [6, 6.07) is 9.36. The SMILES string of the molecule is C=c1n(CCCC(=O)O)c(=O)c2cc3oc4ccccc4c3n12. The highest BCUT2D eigenvalue weighted by Crippen LogP contribution is 2.29. The van der Waals surface area contributed by atoms with E-state index in [1.54, 1.807) is 10.5 Å². The van der Waals surface area contributed by atoms with Gasteiger partial charge < -0.3 is 9.52 Å². The normalized spacial score (nSPS) is 11.8. The Kier molecular flexibility index (Phi) is 2.81. The molecule has 0 atom stereocenters. The molecule has 1 N–H and O–H groups in total. The van der Waals surface area contributed by atoms with Crippen molar-refractivity contribution in [2.24, 2.45) is 0 Å². The highest BCUT2D eigenvalue weighted by molar-refractivity contribution is 6.05. The lowest BCUT2D eigenvalue weighted by Crippen LogP contribution is -2.27. The Hall–Kier alpha value is -3.02. The van der Waals surface area contributed by atoms with E-state index in [1.807, 2.05) is 24.3 Å². The fourth-order valence-electron chi connectivity index (χ4n) is 3.11. The number of hydrogen-bond acceptors (Lipinski definition) is 3. The first-order valence-electron chi connectivity index (χ1n) is 7.34. The van der Waals surface area contributed by atoms with Crippen LogP contribution >= 0.6 is 0 Å². The van der Waals surface area contributed by atoms with E-state index >= 15 is 0 Å². The average Bonchev–Trinajstić information content (AvgIpc) is 3.11. The molecular weight excluding hydrogens is 296 g/mol. The van der Waals surface area contributed by atoms with Gasteiger partial charge in [0, 0.05) is 24.4 Å². The molecule has 0 aliphatic carbocycles. The van der Waals surface area contributed by atoms with Crippen molar-refractivity contribution >= 4 is 40.1 Å². The summed E-state index contributed by atoms with van der Waals surface area (Å²) in [6.45, 7) is 4.35. The predicted molar refractivity (Wildman–Crippen MR) is 86.5 cm³/mol. The average molecular weight is 310 g/mol. The van der Waals surface area contributed by atoms with Gasteiger partial charge in [0.1, 0.15) is 22.1 Å². The monoisotopic (exact) mass is 310 g/mol. The maximum atomic E-state index is 12.5. The van der Waals surface area contributed by atoms with E-state index in [-0.39, 0.29) is 12.0 Å². The van der Waals surface area contributed by atoms with Gasteiger partial charge in [0.05, 0.1) is 0 Å². The third-order valence-corrected chi connectivity index (χ3v) is 4.13. The van der Waals surface area contributed by atoms with Crippen molar-refractivity contribution in [3.05, 3.63) is 46.2 Å². The van der Waals surface area contributed by atoms with E-state index in [0.717, 1.165) is 16.5 Å². The van der Waals surface area contributed by atoms with Crippen molar-refractivity contribution in [1.29, 1.82) is 0 Å². The minimum Gasteiger partial charge on any atom is -0.481 e. The smallest absolute Gasteiger partial charge is 0.303 e. The zero-order chi connectivity index (χ0) is 16.1. The van der Waals surface area contributed by atoms with Crippen LogP contribution in [0.2, 0.25) is 0 Å². The topological polar surface area (TPSA) is 76.8 Å². The van der Waals surface area contributed by atoms with Crippen LogP contribution in [0.15, 0.2) is 39.5 Å². The molecule has 0 unspecified atom stereocenters. The van der Waals surface area contributed by atoms with E-state index in [9.17, 15) is 9.59 Å². The second-order valence-electron chi connectivity index (χ2n) is 5.55. The number of carbonyl (C=O) groups is 1. The zero-order valence-corrected chi connectivity index (χ0v) is 12.3. The quantitative estimate of drug-likeness (QED) is 0.625. The first-order valence-corrected chi connectivity index (χ1v) is 7.34. The third-order valence-electron chi connectivity index (χ3n) is 4.13. The third kappa shape index (κ3) is 1.88. The fourth-order valence-corrected chi connectivity index (χ4v) is 3.11. The molecule has 3 aromatic heterocycles. The summed E-state index contributed by atoms with van der Waals surface area (Å²) >= 11 is 0. The number of imidazole rings is 1. The molecule has 0 aliphatic heterocycles. The molecule has 4 rings (SSSR count). The number of aromatic nitrogens is 2. The van der Waals surface area contributed by atoms with Crippen LogP contribution in [0.1, 0.15) is 12.8 Å². The molecule has 0 aliphatic rings. The number of carboxylic acids is 1. The Bertz CT molecular complexity index is 1160. The molecule has 4 aromatic rings. The van der Waals surface area contributed by atoms with Crippen LogP contribution in [-0.4, -0.2) is 20.0 Å². The lowest BCUT2D eigenvalue weighted by molar-refractivity contribution is -0.137. The van der Waals surface area contributed by atoms with Crippen LogP contribution in [0.3, 0.4) is 0 Å². The minimum atomic E-state index is -0.870. The Morgan fingerprint density at radius 1 is 1.26 bits per heavy atom. The first-order chi connectivity index (χ1) is 11.1. The van der Waals surface area contributed by atoms with E-state index in [0.29, 0.717) is 29.5 Å². The molecule has 0 bridgehead atoms. The highest BCUT2D eigenvalue weighted by Gasteiger charge is 2.18. The summed E-state index contributed by atoms with van der Waals surface area (Å²) in [6.07, 6.45) is 0.413. The van der Waals surface area contributed by atoms with Gasteiger partial charge in [0.25, 0.3) is 5.56 Å². The van der Waals surface area contributed by atoms with Crippen molar-refractivity contribution in [1.82, 2.24) is 8.97 Å². The summed E-state index contributed by atoms with van der Waals surface area (Å²) < 4.78 is 9.11. The number of furan rings is 1. The van der Waals surface area contributed by atoms with Gasteiger partial charge in [-0.1, -0.05) is 18.7 Å². The first kappa shape index (κ1) is 13.6. The van der Waals surface area contributed by atoms with Crippen LogP contribution in [0, 0.1) is 0 Å². The molecule has 116 valence electrons. The van der Waals surface area contributed by atoms with Crippen LogP contribution in [-0.2, 0) is 11.3 Å². The molecule has 0 spiro atoms. The van der Waals surface area contributed by atoms with Gasteiger partial charge in [0.2, 0.25) is 0 Å².